The maximum atomic E-state index is 13.2. The van der Waals surface area contributed by atoms with Gasteiger partial charge in [0.1, 0.15) is 32.1 Å². The fourth-order valence-electron chi connectivity index (χ4n) is 7.56. The lowest BCUT2D eigenvalue weighted by atomic mass is 9.95. The van der Waals surface area contributed by atoms with Gasteiger partial charge in [0.05, 0.1) is 27.7 Å². The van der Waals surface area contributed by atoms with Gasteiger partial charge in [-0.05, 0) is 52.4 Å². The quantitative estimate of drug-likeness (QED) is 0.0252. The third-order valence-electron chi connectivity index (χ3n) is 11.4. The van der Waals surface area contributed by atoms with E-state index in [1.807, 2.05) is 35.0 Å². The van der Waals surface area contributed by atoms with Crippen molar-refractivity contribution in [2.24, 2.45) is 0 Å². The molecule has 349 valence electrons. The SMILES string of the molecule is CCCCCCCCCCCCCCCC(=O)OCC(CO[P+]([O])([O-])OCC[N+](C)(C)C)OC(=O)CCCCCCCCCCC1(CCCCCC)OCC(C)(C)N1[O-]. The number of carbonyl (C=O) groups excluding carboxylic acids is 2. The summed E-state index contributed by atoms with van der Waals surface area (Å²) in [6.45, 7) is 8.51. The Morgan fingerprint density at radius 1 is 0.661 bits per heavy atom. The van der Waals surface area contributed by atoms with Crippen LogP contribution in [0.2, 0.25) is 0 Å². The highest BCUT2D eigenvalue weighted by molar-refractivity contribution is 7.52. The Balaban J connectivity index is 2.38. The van der Waals surface area contributed by atoms with Gasteiger partial charge in [0.15, 0.2) is 6.10 Å². The van der Waals surface area contributed by atoms with Gasteiger partial charge in [-0.2, -0.15) is 9.05 Å². The molecule has 1 radical (unpaired) electrons. The molecule has 0 aromatic heterocycles. The molecule has 0 aromatic rings. The van der Waals surface area contributed by atoms with E-state index < -0.39 is 44.1 Å². The van der Waals surface area contributed by atoms with E-state index >= 15 is 0 Å². The van der Waals surface area contributed by atoms with Crippen LogP contribution in [-0.2, 0) is 37.7 Å². The zero-order chi connectivity index (χ0) is 43.9. The first-order valence-electron chi connectivity index (χ1n) is 23.9. The summed E-state index contributed by atoms with van der Waals surface area (Å²) in [6.07, 6.45) is 29.0. The zero-order valence-corrected chi connectivity index (χ0v) is 39.9. The van der Waals surface area contributed by atoms with Crippen LogP contribution in [0.5, 0.6) is 0 Å². The van der Waals surface area contributed by atoms with Gasteiger partial charge in [0.2, 0.25) is 0 Å². The number of quaternary nitrogens is 1. The molecule has 13 heteroatoms. The molecule has 1 heterocycles. The van der Waals surface area contributed by atoms with Crippen molar-refractivity contribution in [3.8, 4) is 0 Å². The lowest BCUT2D eigenvalue weighted by Crippen LogP contribution is -2.48. The molecular formula is C46H90N2O10P. The van der Waals surface area contributed by atoms with Crippen molar-refractivity contribution < 1.29 is 47.1 Å². The molecule has 1 rings (SSSR count). The van der Waals surface area contributed by atoms with E-state index in [0.29, 0.717) is 24.1 Å². The minimum Gasteiger partial charge on any atom is -0.783 e. The molecule has 0 amide bonds. The normalized spacial score (nSPS) is 18.5. The molecule has 1 aliphatic heterocycles. The van der Waals surface area contributed by atoms with Gasteiger partial charge in [-0.25, -0.2) is 0 Å². The Hall–Kier alpha value is -0.950. The van der Waals surface area contributed by atoms with Crippen molar-refractivity contribution in [2.75, 3.05) is 54.1 Å². The van der Waals surface area contributed by atoms with Crippen LogP contribution in [0.15, 0.2) is 0 Å². The molecule has 59 heavy (non-hydrogen) atoms. The number of unbranched alkanes of at least 4 members (excludes halogenated alkanes) is 22. The molecule has 0 saturated carbocycles. The molecule has 0 bridgehead atoms. The van der Waals surface area contributed by atoms with Crippen LogP contribution in [0.1, 0.15) is 214 Å². The van der Waals surface area contributed by atoms with Crippen molar-refractivity contribution in [2.45, 2.75) is 231 Å². The Labute approximate surface area is 362 Å². The zero-order valence-electron chi connectivity index (χ0n) is 39.0. The Kier molecular flexibility index (Phi) is 31.1. The minimum absolute atomic E-state index is 0.0453. The van der Waals surface area contributed by atoms with Crippen molar-refractivity contribution in [3.05, 3.63) is 5.21 Å². The van der Waals surface area contributed by atoms with Crippen molar-refractivity contribution in [1.82, 2.24) is 5.06 Å². The fraction of sp³-hybridized carbons (Fsp3) is 0.957. The first-order valence-corrected chi connectivity index (χ1v) is 25.4. The summed E-state index contributed by atoms with van der Waals surface area (Å²) < 4.78 is 27.8. The maximum Gasteiger partial charge on any atom is 0.426 e. The van der Waals surface area contributed by atoms with Crippen molar-refractivity contribution >= 4 is 20.1 Å². The van der Waals surface area contributed by atoms with Gasteiger partial charge >= 0.3 is 20.1 Å². The Morgan fingerprint density at radius 2 is 1.08 bits per heavy atom. The summed E-state index contributed by atoms with van der Waals surface area (Å²) in [5.41, 5.74) is -1.16. The van der Waals surface area contributed by atoms with Crippen LogP contribution in [0.4, 0.5) is 0 Å². The van der Waals surface area contributed by atoms with E-state index in [-0.39, 0.29) is 26.1 Å². The second kappa shape index (κ2) is 32.7. The summed E-state index contributed by atoms with van der Waals surface area (Å²) in [5.74, 6) is -0.880. The van der Waals surface area contributed by atoms with Gasteiger partial charge in [-0.1, -0.05) is 149 Å². The predicted molar refractivity (Wildman–Crippen MR) is 236 cm³/mol. The maximum absolute atomic E-state index is 13.2. The third-order valence-corrected chi connectivity index (χ3v) is 12.3. The van der Waals surface area contributed by atoms with Crippen LogP contribution < -0.4 is 4.89 Å². The Morgan fingerprint density at radius 3 is 1.53 bits per heavy atom. The number of hydroxylamine groups is 2. The monoisotopic (exact) mass is 862 g/mol. The highest BCUT2D eigenvalue weighted by Gasteiger charge is 2.45. The number of rotatable bonds is 40. The van der Waals surface area contributed by atoms with E-state index in [0.717, 1.165) is 89.9 Å². The van der Waals surface area contributed by atoms with Crippen LogP contribution in [0.3, 0.4) is 0 Å². The number of ether oxygens (including phenoxy) is 3. The lowest BCUT2D eigenvalue weighted by molar-refractivity contribution is -0.870. The van der Waals surface area contributed by atoms with Gasteiger partial charge in [0.25, 0.3) is 0 Å². The van der Waals surface area contributed by atoms with E-state index in [2.05, 4.69) is 13.8 Å². The summed E-state index contributed by atoms with van der Waals surface area (Å²) >= 11 is 0. The molecule has 0 N–H and O–H groups in total. The summed E-state index contributed by atoms with van der Waals surface area (Å²) in [6, 6.07) is 0. The standard InChI is InChI=1S/C46H90N2O10P/c1-8-10-12-14-15-16-17-18-19-20-23-26-29-33-43(49)54-39-42(40-57-59(52,53)56-38-37-48(5,6)7)58-44(50)34-30-27-24-21-22-25-28-32-36-46(35-31-13-11-9-2)47(51)45(3,4)41-55-46/h42H,8-41H2,1-7H3. The number of hydrogen-bond acceptors (Lipinski definition) is 10. The molecule has 2 unspecified atom stereocenters. The Bertz CT molecular complexity index is 1060. The van der Waals surface area contributed by atoms with Gasteiger partial charge in [-0.3, -0.25) is 9.59 Å². The largest absolute Gasteiger partial charge is 0.783 e. The lowest BCUT2D eigenvalue weighted by Gasteiger charge is -2.48. The molecule has 1 saturated heterocycles. The van der Waals surface area contributed by atoms with E-state index in [1.54, 1.807) is 0 Å². The first kappa shape index (κ1) is 56.1. The van der Waals surface area contributed by atoms with E-state index in [1.165, 1.54) is 82.1 Å². The average Bonchev–Trinajstić information content (AvgIpc) is 3.40. The third kappa shape index (κ3) is 29.1. The second-order valence-electron chi connectivity index (χ2n) is 18.9. The van der Waals surface area contributed by atoms with Crippen LogP contribution in [0.25, 0.3) is 0 Å². The van der Waals surface area contributed by atoms with E-state index in [4.69, 9.17) is 23.3 Å². The topological polar surface area (TPSA) is 150 Å². The predicted octanol–water partition coefficient (Wildman–Crippen LogP) is 11.3. The molecule has 1 fully saturated rings. The molecular weight excluding hydrogens is 771 g/mol. The van der Waals surface area contributed by atoms with Crippen LogP contribution >= 0.6 is 8.17 Å². The van der Waals surface area contributed by atoms with Gasteiger partial charge in [0, 0.05) is 23.3 Å². The number of nitrogens with zero attached hydrogens (tertiary/aromatic N) is 2. The van der Waals surface area contributed by atoms with Crippen LogP contribution in [0, 0.1) is 5.21 Å². The van der Waals surface area contributed by atoms with Gasteiger partial charge < -0.3 is 33.9 Å². The number of esters is 2. The van der Waals surface area contributed by atoms with Crippen molar-refractivity contribution in [3.63, 3.8) is 0 Å². The van der Waals surface area contributed by atoms with Crippen molar-refractivity contribution in [1.29, 1.82) is 0 Å². The second-order valence-corrected chi connectivity index (χ2v) is 20.3. The average molecular weight is 862 g/mol. The molecule has 2 atom stereocenters. The smallest absolute Gasteiger partial charge is 0.426 e. The fourth-order valence-corrected chi connectivity index (χ4v) is 8.28. The van der Waals surface area contributed by atoms with E-state index in [9.17, 15) is 24.6 Å². The number of carbonyl (C=O) groups is 2. The minimum atomic E-state index is -4.65. The summed E-state index contributed by atoms with van der Waals surface area (Å²) in [5, 5.41) is 14.4. The van der Waals surface area contributed by atoms with Gasteiger partial charge in [-0.15, -0.1) is 0 Å². The summed E-state index contributed by atoms with van der Waals surface area (Å²) in [7, 11) is 1.12. The molecule has 12 nitrogen and oxygen atoms in total. The highest BCUT2D eigenvalue weighted by Crippen LogP contribution is 2.49. The number of hydrogen-bond donors (Lipinski definition) is 0. The molecule has 0 spiro atoms. The highest BCUT2D eigenvalue weighted by atomic mass is 31.2. The molecule has 1 aliphatic rings. The first-order chi connectivity index (χ1) is 28.1. The summed E-state index contributed by atoms with van der Waals surface area (Å²) in [4.78, 5) is 50.2. The molecule has 0 aliphatic carbocycles. The van der Waals surface area contributed by atoms with Crippen LogP contribution in [-0.4, -0.2) is 93.0 Å². The number of likely N-dealkylation sites (N-methyl/N-ethyl adjacent to an activating group) is 1. The molecule has 0 aromatic carbocycles.